The van der Waals surface area contributed by atoms with Gasteiger partial charge in [0.25, 0.3) is 0 Å². The smallest absolute Gasteiger partial charge is 0.459 e. The van der Waals surface area contributed by atoms with Crippen molar-refractivity contribution in [1.29, 1.82) is 0 Å². The van der Waals surface area contributed by atoms with Crippen molar-refractivity contribution < 1.29 is 23.1 Å². The van der Waals surface area contributed by atoms with Crippen LogP contribution < -0.4 is 15.3 Å². The number of hydrogen-bond acceptors (Lipinski definition) is 8. The Balaban J connectivity index is 1.60. The van der Waals surface area contributed by atoms with Gasteiger partial charge >= 0.3 is 13.7 Å². The van der Waals surface area contributed by atoms with Gasteiger partial charge in [-0.05, 0) is 45.9 Å². The normalized spacial score (nSPS) is 15.0. The second-order valence-electron chi connectivity index (χ2n) is 8.76. The topological polar surface area (TPSA) is 131 Å². The van der Waals surface area contributed by atoms with Gasteiger partial charge in [0.1, 0.15) is 17.3 Å². The van der Waals surface area contributed by atoms with Crippen molar-refractivity contribution in [2.75, 3.05) is 5.73 Å². The minimum Gasteiger partial charge on any atom is -0.462 e. The van der Waals surface area contributed by atoms with E-state index in [4.69, 9.17) is 19.5 Å². The van der Waals surface area contributed by atoms with E-state index in [2.05, 4.69) is 15.1 Å². The molecule has 3 atom stereocenters. The summed E-state index contributed by atoms with van der Waals surface area (Å²) in [4.78, 5) is 21.2. The third-order valence-corrected chi connectivity index (χ3v) is 7.07. The van der Waals surface area contributed by atoms with E-state index in [9.17, 15) is 9.36 Å². The molecule has 2 aromatic heterocycles. The Morgan fingerprint density at radius 2 is 1.78 bits per heavy atom. The number of aromatic nitrogens is 3. The average molecular weight is 512 g/mol. The predicted octanol–water partition coefficient (Wildman–Crippen LogP) is 4.69. The van der Waals surface area contributed by atoms with E-state index in [1.165, 1.54) is 0 Å². The maximum atomic E-state index is 13.8. The van der Waals surface area contributed by atoms with Gasteiger partial charge < -0.3 is 19.6 Å². The summed E-state index contributed by atoms with van der Waals surface area (Å²) in [6.07, 6.45) is 0.724. The molecule has 3 N–H and O–H groups in total. The molecule has 0 spiro atoms. The van der Waals surface area contributed by atoms with Crippen LogP contribution in [-0.2, 0) is 25.2 Å². The Labute approximate surface area is 209 Å². The molecule has 4 aromatic rings. The number of carbonyl (C=O) groups is 1. The highest BCUT2D eigenvalue weighted by Gasteiger charge is 2.34. The largest absolute Gasteiger partial charge is 0.462 e. The summed E-state index contributed by atoms with van der Waals surface area (Å²) >= 11 is 0. The van der Waals surface area contributed by atoms with Crippen molar-refractivity contribution in [2.45, 2.75) is 52.5 Å². The lowest BCUT2D eigenvalue weighted by Gasteiger charge is -2.26. The van der Waals surface area contributed by atoms with E-state index in [1.807, 2.05) is 34.9 Å². The van der Waals surface area contributed by atoms with Gasteiger partial charge in [-0.2, -0.15) is 5.09 Å². The van der Waals surface area contributed by atoms with Crippen LogP contribution in [0, 0.1) is 0 Å². The van der Waals surface area contributed by atoms with Crippen LogP contribution in [0.1, 0.15) is 27.7 Å². The molecule has 0 aliphatic rings. The molecule has 0 radical (unpaired) electrons. The number of anilines is 1. The van der Waals surface area contributed by atoms with Crippen molar-refractivity contribution >= 4 is 41.5 Å². The molecule has 36 heavy (non-hydrogen) atoms. The van der Waals surface area contributed by atoms with Crippen molar-refractivity contribution in [2.24, 2.45) is 0 Å². The molecular weight excluding hydrogens is 481 g/mol. The van der Waals surface area contributed by atoms with Gasteiger partial charge in [0.05, 0.1) is 36.1 Å². The fourth-order valence-electron chi connectivity index (χ4n) is 3.81. The summed E-state index contributed by atoms with van der Waals surface area (Å²) in [7, 11) is -4.01. The lowest BCUT2D eigenvalue weighted by atomic mass is 10.2. The second-order valence-corrected chi connectivity index (χ2v) is 10.4. The SMILES string of the molecule is CC(C)OC(=O)[C@H](C)N[P@](=O)(Oc1ccccc1)O[C@H](C)Cn1cnc2c(N)nc3ccccc3c21. The molecule has 0 unspecified atom stereocenters. The second kappa shape index (κ2) is 10.7. The quantitative estimate of drug-likeness (QED) is 0.230. The molecule has 4 rings (SSSR count). The Bertz CT molecular complexity index is 1410. The van der Waals surface area contributed by atoms with Crippen molar-refractivity contribution in [3.05, 3.63) is 60.9 Å². The van der Waals surface area contributed by atoms with E-state index in [-0.39, 0.29) is 6.10 Å². The first-order valence-corrected chi connectivity index (χ1v) is 13.2. The summed E-state index contributed by atoms with van der Waals surface area (Å²) in [5.74, 6) is 0.101. The lowest BCUT2D eigenvalue weighted by Crippen LogP contribution is -2.37. The van der Waals surface area contributed by atoms with Gasteiger partial charge in [-0.1, -0.05) is 36.4 Å². The molecule has 0 saturated heterocycles. The number of fused-ring (bicyclic) bond motifs is 3. The standard InChI is InChI=1S/C25H30N5O5P/c1-16(2)33-25(31)18(4)29-36(32,35-19-10-6-5-7-11-19)34-17(3)14-30-15-27-22-23(30)20-12-8-9-13-21(20)28-24(22)26/h5-13,15-18H,14H2,1-4H3,(H2,26,28)(H,29,32)/t17-,18+,36-/m1/s1. The van der Waals surface area contributed by atoms with Gasteiger partial charge in [-0.3, -0.25) is 9.32 Å². The van der Waals surface area contributed by atoms with E-state index in [0.29, 0.717) is 23.6 Å². The molecule has 0 aliphatic carbocycles. The number of imidazole rings is 1. The van der Waals surface area contributed by atoms with Gasteiger partial charge in [0.15, 0.2) is 5.82 Å². The van der Waals surface area contributed by atoms with Crippen molar-refractivity contribution in [3.8, 4) is 5.75 Å². The number of pyridine rings is 1. The molecule has 0 amide bonds. The maximum absolute atomic E-state index is 13.8. The van der Waals surface area contributed by atoms with Gasteiger partial charge in [-0.15, -0.1) is 0 Å². The van der Waals surface area contributed by atoms with E-state index in [0.717, 1.165) is 16.4 Å². The van der Waals surface area contributed by atoms with E-state index >= 15 is 0 Å². The Morgan fingerprint density at radius 1 is 1.08 bits per heavy atom. The van der Waals surface area contributed by atoms with Crippen molar-refractivity contribution in [1.82, 2.24) is 19.6 Å². The van der Waals surface area contributed by atoms with Crippen LogP contribution in [0.3, 0.4) is 0 Å². The van der Waals surface area contributed by atoms with Crippen LogP contribution in [0.4, 0.5) is 5.82 Å². The average Bonchev–Trinajstić information content (AvgIpc) is 3.23. The number of nitrogen functional groups attached to an aromatic ring is 1. The van der Waals surface area contributed by atoms with Gasteiger partial charge in [0.2, 0.25) is 0 Å². The van der Waals surface area contributed by atoms with E-state index in [1.54, 1.807) is 58.3 Å². The summed E-state index contributed by atoms with van der Waals surface area (Å²) in [5, 5.41) is 3.60. The first-order chi connectivity index (χ1) is 17.1. The van der Waals surface area contributed by atoms with Crippen LogP contribution in [0.25, 0.3) is 21.9 Å². The number of benzene rings is 2. The number of rotatable bonds is 10. The Hall–Kier alpha value is -3.46. The molecule has 0 bridgehead atoms. The molecule has 2 aromatic carbocycles. The molecule has 0 aliphatic heterocycles. The third kappa shape index (κ3) is 5.84. The summed E-state index contributed by atoms with van der Waals surface area (Å²) in [6.45, 7) is 7.08. The molecule has 0 fully saturated rings. The van der Waals surface area contributed by atoms with E-state index < -0.39 is 25.9 Å². The summed E-state index contributed by atoms with van der Waals surface area (Å²) in [6, 6.07) is 15.3. The summed E-state index contributed by atoms with van der Waals surface area (Å²) < 4.78 is 32.7. The molecule has 190 valence electrons. The number of nitrogens with zero attached hydrogens (tertiary/aromatic N) is 3. The fourth-order valence-corrected chi connectivity index (χ4v) is 5.49. The first kappa shape index (κ1) is 25.6. The number of ether oxygens (including phenoxy) is 1. The first-order valence-electron chi connectivity index (χ1n) is 11.7. The molecular formula is C25H30N5O5P. The number of carbonyl (C=O) groups excluding carboxylic acids is 1. The monoisotopic (exact) mass is 511 g/mol. The van der Waals surface area contributed by atoms with Crippen LogP contribution in [0.2, 0.25) is 0 Å². The summed E-state index contributed by atoms with van der Waals surface area (Å²) in [5.41, 5.74) is 8.26. The predicted molar refractivity (Wildman–Crippen MR) is 138 cm³/mol. The molecule has 2 heterocycles. The zero-order valence-electron chi connectivity index (χ0n) is 20.6. The number of para-hydroxylation sites is 2. The minimum atomic E-state index is -4.01. The zero-order chi connectivity index (χ0) is 25.9. The van der Waals surface area contributed by atoms with Gasteiger partial charge in [-0.25, -0.2) is 14.5 Å². The maximum Gasteiger partial charge on any atom is 0.459 e. The highest BCUT2D eigenvalue weighted by Crippen LogP contribution is 2.46. The number of esters is 1. The van der Waals surface area contributed by atoms with Crippen LogP contribution in [0.15, 0.2) is 60.9 Å². The van der Waals surface area contributed by atoms with Crippen LogP contribution in [0.5, 0.6) is 5.75 Å². The number of nitrogens with one attached hydrogen (secondary N) is 1. The third-order valence-electron chi connectivity index (χ3n) is 5.28. The number of nitrogens with two attached hydrogens (primary N) is 1. The highest BCUT2D eigenvalue weighted by atomic mass is 31.2. The zero-order valence-corrected chi connectivity index (χ0v) is 21.5. The van der Waals surface area contributed by atoms with Crippen LogP contribution >= 0.6 is 7.75 Å². The molecule has 10 nitrogen and oxygen atoms in total. The molecule has 0 saturated carbocycles. The Morgan fingerprint density at radius 3 is 2.50 bits per heavy atom. The van der Waals surface area contributed by atoms with Crippen molar-refractivity contribution in [3.63, 3.8) is 0 Å². The number of hydrogen-bond donors (Lipinski definition) is 2. The van der Waals surface area contributed by atoms with Crippen LogP contribution in [-0.4, -0.2) is 38.8 Å². The fraction of sp³-hybridized carbons (Fsp3) is 0.320. The minimum absolute atomic E-state index is 0.290. The highest BCUT2D eigenvalue weighted by molar-refractivity contribution is 7.52. The lowest BCUT2D eigenvalue weighted by molar-refractivity contribution is -0.149. The van der Waals surface area contributed by atoms with Gasteiger partial charge in [0, 0.05) is 5.39 Å². The molecule has 11 heteroatoms. The Kier molecular flexibility index (Phi) is 7.59.